The fourth-order valence-electron chi connectivity index (χ4n) is 1.55. The summed E-state index contributed by atoms with van der Waals surface area (Å²) >= 11 is 0. The van der Waals surface area contributed by atoms with Gasteiger partial charge in [-0.3, -0.25) is 4.68 Å². The Balaban J connectivity index is 2.07. The third kappa shape index (κ3) is 4.24. The van der Waals surface area contributed by atoms with E-state index in [1.807, 2.05) is 0 Å². The number of aromatic nitrogens is 1. The average Bonchev–Trinajstić information content (AvgIpc) is 2.59. The molecule has 0 bridgehead atoms. The largest absolute Gasteiger partial charge is 0.385 e. The topological polar surface area (TPSA) is 35.4 Å². The van der Waals surface area contributed by atoms with Crippen molar-refractivity contribution < 1.29 is 9.47 Å². The minimum atomic E-state index is 0.723. The maximum Gasteiger partial charge on any atom is 0.0655 e. The molecule has 0 unspecified atom stereocenters. The van der Waals surface area contributed by atoms with Gasteiger partial charge in [0.1, 0.15) is 0 Å². The van der Waals surface area contributed by atoms with Gasteiger partial charge in [-0.15, -0.1) is 0 Å². The van der Waals surface area contributed by atoms with Gasteiger partial charge >= 0.3 is 0 Å². The number of hydrogen-bond acceptors (Lipinski definition) is 3. The molecule has 0 fully saturated rings. The lowest BCUT2D eigenvalue weighted by Gasteiger charge is -2.12. The number of nitrogens with zero attached hydrogens (tertiary/aromatic N) is 1. The van der Waals surface area contributed by atoms with Crippen LogP contribution in [0, 0.1) is 13.8 Å². The van der Waals surface area contributed by atoms with Crippen LogP contribution in [0.1, 0.15) is 17.8 Å². The van der Waals surface area contributed by atoms with E-state index in [1.54, 1.807) is 7.11 Å². The fourth-order valence-corrected chi connectivity index (χ4v) is 1.55. The normalized spacial score (nSPS) is 10.7. The predicted molar refractivity (Wildman–Crippen MR) is 65.4 cm³/mol. The van der Waals surface area contributed by atoms with Crippen LogP contribution in [0.2, 0.25) is 0 Å². The number of nitrogens with one attached hydrogen (secondary N) is 1. The molecular weight excluding hydrogens is 204 g/mol. The molecule has 0 amide bonds. The first kappa shape index (κ1) is 13.1. The molecule has 0 atom stereocenters. The van der Waals surface area contributed by atoms with Gasteiger partial charge < -0.3 is 14.9 Å². The highest BCUT2D eigenvalue weighted by Gasteiger charge is 1.98. The second kappa shape index (κ2) is 7.30. The molecule has 1 aromatic heterocycles. The highest BCUT2D eigenvalue weighted by Crippen LogP contribution is 2.03. The fraction of sp³-hybridized carbons (Fsp3) is 0.667. The Labute approximate surface area is 97.5 Å². The van der Waals surface area contributed by atoms with Crippen LogP contribution in [-0.4, -0.2) is 38.2 Å². The molecule has 0 aromatic carbocycles. The summed E-state index contributed by atoms with van der Waals surface area (Å²) in [6.07, 6.45) is 0.956. The van der Waals surface area contributed by atoms with Crippen molar-refractivity contribution in [1.82, 2.24) is 4.68 Å². The van der Waals surface area contributed by atoms with Gasteiger partial charge in [-0.05, 0) is 32.4 Å². The van der Waals surface area contributed by atoms with Gasteiger partial charge in [0.05, 0.1) is 13.2 Å². The molecule has 0 aliphatic heterocycles. The Kier molecular flexibility index (Phi) is 5.96. The lowest BCUT2D eigenvalue weighted by Crippen LogP contribution is -2.22. The van der Waals surface area contributed by atoms with Gasteiger partial charge in [-0.2, -0.15) is 0 Å². The van der Waals surface area contributed by atoms with Gasteiger partial charge in [0.15, 0.2) is 0 Å². The zero-order chi connectivity index (χ0) is 11.8. The van der Waals surface area contributed by atoms with E-state index in [0.717, 1.165) is 32.8 Å². The van der Waals surface area contributed by atoms with Crippen molar-refractivity contribution in [2.75, 3.05) is 38.9 Å². The van der Waals surface area contributed by atoms with Gasteiger partial charge in [-0.25, -0.2) is 0 Å². The van der Waals surface area contributed by atoms with Crippen molar-refractivity contribution in [2.45, 2.75) is 20.3 Å². The molecule has 1 rings (SSSR count). The Morgan fingerprint density at radius 1 is 1.12 bits per heavy atom. The van der Waals surface area contributed by atoms with Crippen LogP contribution >= 0.6 is 0 Å². The van der Waals surface area contributed by atoms with Gasteiger partial charge in [0, 0.05) is 31.7 Å². The van der Waals surface area contributed by atoms with E-state index >= 15 is 0 Å². The summed E-state index contributed by atoms with van der Waals surface area (Å²) < 4.78 is 12.5. The van der Waals surface area contributed by atoms with Crippen molar-refractivity contribution in [2.24, 2.45) is 0 Å². The summed E-state index contributed by atoms with van der Waals surface area (Å²) in [6.45, 7) is 7.24. The van der Waals surface area contributed by atoms with Crippen LogP contribution in [0.15, 0.2) is 12.1 Å². The summed E-state index contributed by atoms with van der Waals surface area (Å²) in [5, 5.41) is 0. The molecule has 1 heterocycles. The van der Waals surface area contributed by atoms with Gasteiger partial charge in [-0.1, -0.05) is 0 Å². The van der Waals surface area contributed by atoms with Crippen molar-refractivity contribution in [3.63, 3.8) is 0 Å². The van der Waals surface area contributed by atoms with E-state index in [2.05, 4.69) is 36.1 Å². The SMILES string of the molecule is COCCCOCCNn1c(C)ccc1C. The van der Waals surface area contributed by atoms with E-state index in [1.165, 1.54) is 11.4 Å². The summed E-state index contributed by atoms with van der Waals surface area (Å²) in [5.74, 6) is 0. The summed E-state index contributed by atoms with van der Waals surface area (Å²) in [7, 11) is 1.71. The van der Waals surface area contributed by atoms with E-state index < -0.39 is 0 Å². The molecule has 0 aliphatic rings. The smallest absolute Gasteiger partial charge is 0.0655 e. The Hall–Kier alpha value is -1.00. The molecule has 0 saturated heterocycles. The first-order valence-corrected chi connectivity index (χ1v) is 5.71. The molecule has 4 heteroatoms. The summed E-state index contributed by atoms with van der Waals surface area (Å²) in [4.78, 5) is 0. The number of aryl methyl sites for hydroxylation is 2. The standard InChI is InChI=1S/C12H22N2O2/c1-11-5-6-12(2)14(11)13-7-10-16-9-4-8-15-3/h5-6,13H,4,7-10H2,1-3H3. The molecule has 16 heavy (non-hydrogen) atoms. The average molecular weight is 226 g/mol. The Bertz CT molecular complexity index is 278. The minimum Gasteiger partial charge on any atom is -0.385 e. The van der Waals surface area contributed by atoms with E-state index in [-0.39, 0.29) is 0 Å². The number of rotatable bonds is 8. The molecule has 92 valence electrons. The van der Waals surface area contributed by atoms with Crippen molar-refractivity contribution >= 4 is 0 Å². The number of methoxy groups -OCH3 is 1. The van der Waals surface area contributed by atoms with Crippen LogP contribution < -0.4 is 5.43 Å². The molecule has 0 radical (unpaired) electrons. The second-order valence-corrected chi connectivity index (χ2v) is 3.82. The number of ether oxygens (including phenoxy) is 2. The van der Waals surface area contributed by atoms with Crippen LogP contribution in [0.25, 0.3) is 0 Å². The maximum atomic E-state index is 5.46. The summed E-state index contributed by atoms with van der Waals surface area (Å²) in [5.41, 5.74) is 5.75. The predicted octanol–water partition coefficient (Wildman–Crippen LogP) is 1.70. The third-order valence-corrected chi connectivity index (χ3v) is 2.42. The monoisotopic (exact) mass is 226 g/mol. The second-order valence-electron chi connectivity index (χ2n) is 3.82. The van der Waals surface area contributed by atoms with Crippen LogP contribution in [-0.2, 0) is 9.47 Å². The molecule has 4 nitrogen and oxygen atoms in total. The van der Waals surface area contributed by atoms with Crippen LogP contribution in [0.4, 0.5) is 0 Å². The zero-order valence-electron chi connectivity index (χ0n) is 10.5. The first-order chi connectivity index (χ1) is 7.75. The van der Waals surface area contributed by atoms with Gasteiger partial charge in [0.25, 0.3) is 0 Å². The van der Waals surface area contributed by atoms with Crippen LogP contribution in [0.3, 0.4) is 0 Å². The van der Waals surface area contributed by atoms with Crippen molar-refractivity contribution in [1.29, 1.82) is 0 Å². The molecule has 0 saturated carbocycles. The Morgan fingerprint density at radius 2 is 1.81 bits per heavy atom. The van der Waals surface area contributed by atoms with Crippen molar-refractivity contribution in [3.8, 4) is 0 Å². The van der Waals surface area contributed by atoms with E-state index in [0.29, 0.717) is 0 Å². The lowest BCUT2D eigenvalue weighted by atomic mass is 10.5. The molecule has 0 spiro atoms. The highest BCUT2D eigenvalue weighted by molar-refractivity contribution is 5.15. The Morgan fingerprint density at radius 3 is 2.44 bits per heavy atom. The van der Waals surface area contributed by atoms with Crippen LogP contribution in [0.5, 0.6) is 0 Å². The van der Waals surface area contributed by atoms with Gasteiger partial charge in [0.2, 0.25) is 0 Å². The molecule has 0 aliphatic carbocycles. The summed E-state index contributed by atoms with van der Waals surface area (Å²) in [6, 6.07) is 4.20. The molecule has 1 aromatic rings. The third-order valence-electron chi connectivity index (χ3n) is 2.42. The quantitative estimate of drug-likeness (QED) is 0.685. The lowest BCUT2D eigenvalue weighted by molar-refractivity contribution is 0.108. The van der Waals surface area contributed by atoms with E-state index in [4.69, 9.17) is 9.47 Å². The molecule has 1 N–H and O–H groups in total. The highest BCUT2D eigenvalue weighted by atomic mass is 16.5. The number of hydrogen-bond donors (Lipinski definition) is 1. The van der Waals surface area contributed by atoms with Crippen molar-refractivity contribution in [3.05, 3.63) is 23.5 Å². The molecular formula is C12H22N2O2. The zero-order valence-corrected chi connectivity index (χ0v) is 10.5. The van der Waals surface area contributed by atoms with E-state index in [9.17, 15) is 0 Å². The maximum absolute atomic E-state index is 5.46. The first-order valence-electron chi connectivity index (χ1n) is 5.71. The minimum absolute atomic E-state index is 0.723.